The Kier molecular flexibility index (Phi) is 13.4. The summed E-state index contributed by atoms with van der Waals surface area (Å²) in [6, 6.07) is 7.61. The summed E-state index contributed by atoms with van der Waals surface area (Å²) in [7, 11) is 8.03. The number of hydrogen-bond acceptors (Lipinski definition) is 9. The topological polar surface area (TPSA) is 125 Å². The number of aromatic nitrogens is 3. The van der Waals surface area contributed by atoms with E-state index < -0.39 is 0 Å². The number of hydrogen-bond donors (Lipinski definition) is 1. The molecular formula is C41H58N8O5. The van der Waals surface area contributed by atoms with Gasteiger partial charge in [-0.05, 0) is 102 Å². The maximum atomic E-state index is 14.5. The Labute approximate surface area is 319 Å². The second kappa shape index (κ2) is 18.3. The summed E-state index contributed by atoms with van der Waals surface area (Å²) in [5, 5.41) is 8.44. The first-order valence-corrected chi connectivity index (χ1v) is 19.6. The number of ether oxygens (including phenoxy) is 2. The minimum absolute atomic E-state index is 0.0702. The zero-order chi connectivity index (χ0) is 38.2. The summed E-state index contributed by atoms with van der Waals surface area (Å²) >= 11 is 0. The minimum atomic E-state index is -0.367. The highest BCUT2D eigenvalue weighted by Gasteiger charge is 2.35. The van der Waals surface area contributed by atoms with Crippen molar-refractivity contribution < 1.29 is 23.9 Å². The van der Waals surface area contributed by atoms with Crippen molar-refractivity contribution in [2.24, 2.45) is 24.8 Å². The molecule has 3 aliphatic rings. The van der Waals surface area contributed by atoms with Crippen molar-refractivity contribution in [1.82, 2.24) is 29.5 Å². The maximum Gasteiger partial charge on any atom is 0.331 e. The summed E-state index contributed by atoms with van der Waals surface area (Å²) in [5.41, 5.74) is 3.06. The number of nitrogens with one attached hydrogen (secondary N) is 1. The molecule has 54 heavy (non-hydrogen) atoms. The highest BCUT2D eigenvalue weighted by atomic mass is 16.5. The monoisotopic (exact) mass is 742 g/mol. The average molecular weight is 743 g/mol. The third kappa shape index (κ3) is 10.2. The van der Waals surface area contributed by atoms with Crippen LogP contribution in [-0.2, 0) is 26.1 Å². The van der Waals surface area contributed by atoms with Gasteiger partial charge in [-0.3, -0.25) is 14.5 Å². The Bertz CT molecular complexity index is 1760. The Hall–Kier alpha value is -4.33. The molecule has 1 aliphatic carbocycles. The van der Waals surface area contributed by atoms with Crippen LogP contribution in [0.3, 0.4) is 0 Å². The van der Waals surface area contributed by atoms with Crippen LogP contribution >= 0.6 is 0 Å². The number of aryl methyl sites for hydroxylation is 1. The van der Waals surface area contributed by atoms with Gasteiger partial charge in [0.15, 0.2) is 0 Å². The number of urea groups is 1. The van der Waals surface area contributed by atoms with Crippen molar-refractivity contribution in [2.45, 2.75) is 64.1 Å². The second-order valence-corrected chi connectivity index (χ2v) is 15.8. The molecule has 4 heterocycles. The lowest BCUT2D eigenvalue weighted by Gasteiger charge is -2.40. The van der Waals surface area contributed by atoms with Gasteiger partial charge in [-0.2, -0.15) is 5.10 Å². The summed E-state index contributed by atoms with van der Waals surface area (Å²) < 4.78 is 13.6. The number of esters is 1. The standard InChI is InChI=1S/C41H58N8O5/c1-29-27-48(41(52)44-37-8-6-7-32-25-43-47(5)39(32)37)20-15-33(29)28-49(40(51)31-10-12-35(13-11-31)53-22-21-45(2)3)34-23-30(24-42-26-34)9-14-38(50)54-36-16-18-46(4)19-17-36/h6-9,14,23-26,29,31,33,35-36H,10-13,15-22,27-28H2,1-5H3,(H,44,52)/b14-9+. The summed E-state index contributed by atoms with van der Waals surface area (Å²) in [5.74, 6) is -0.0539. The molecule has 13 heteroatoms. The number of rotatable bonds is 12. The van der Waals surface area contributed by atoms with E-state index in [9.17, 15) is 14.4 Å². The van der Waals surface area contributed by atoms with E-state index in [0.717, 1.165) is 86.7 Å². The van der Waals surface area contributed by atoms with Gasteiger partial charge in [-0.15, -0.1) is 0 Å². The third-order valence-electron chi connectivity index (χ3n) is 11.4. The van der Waals surface area contributed by atoms with Crippen LogP contribution in [0.5, 0.6) is 0 Å². The predicted octanol–water partition coefficient (Wildman–Crippen LogP) is 5.28. The number of carbonyl (C=O) groups excluding carboxylic acids is 3. The number of benzene rings is 1. The van der Waals surface area contributed by atoms with Gasteiger partial charge in [0.25, 0.3) is 0 Å². The quantitative estimate of drug-likeness (QED) is 0.195. The van der Waals surface area contributed by atoms with Gasteiger partial charge in [-0.25, -0.2) is 9.59 Å². The van der Waals surface area contributed by atoms with Gasteiger partial charge in [-0.1, -0.05) is 19.1 Å². The molecule has 3 aromatic rings. The number of piperidine rings is 2. The van der Waals surface area contributed by atoms with E-state index in [0.29, 0.717) is 31.9 Å². The molecule has 3 amide bonds. The number of carbonyl (C=O) groups is 3. The molecule has 2 aromatic heterocycles. The number of likely N-dealkylation sites (tertiary alicyclic amines) is 2. The van der Waals surface area contributed by atoms with E-state index in [1.54, 1.807) is 29.3 Å². The molecule has 3 fully saturated rings. The van der Waals surface area contributed by atoms with E-state index in [1.807, 2.05) is 55.2 Å². The molecule has 0 bridgehead atoms. The number of para-hydroxylation sites is 1. The van der Waals surface area contributed by atoms with E-state index in [4.69, 9.17) is 9.47 Å². The van der Waals surface area contributed by atoms with Crippen molar-refractivity contribution in [3.8, 4) is 0 Å². The van der Waals surface area contributed by atoms with Crippen LogP contribution in [0.2, 0.25) is 0 Å². The minimum Gasteiger partial charge on any atom is -0.459 e. The Balaban J connectivity index is 1.13. The summed E-state index contributed by atoms with van der Waals surface area (Å²) in [6.45, 7) is 7.24. The Morgan fingerprint density at radius 2 is 1.74 bits per heavy atom. The van der Waals surface area contributed by atoms with Crippen LogP contribution in [0, 0.1) is 17.8 Å². The Morgan fingerprint density at radius 1 is 0.963 bits per heavy atom. The fourth-order valence-corrected chi connectivity index (χ4v) is 7.99. The van der Waals surface area contributed by atoms with Crippen molar-refractivity contribution >= 4 is 46.3 Å². The van der Waals surface area contributed by atoms with Crippen molar-refractivity contribution in [1.29, 1.82) is 0 Å². The molecule has 6 rings (SSSR count). The van der Waals surface area contributed by atoms with Gasteiger partial charge >= 0.3 is 12.0 Å². The molecule has 13 nitrogen and oxygen atoms in total. The van der Waals surface area contributed by atoms with Crippen molar-refractivity contribution in [2.75, 3.05) is 77.2 Å². The molecule has 2 unspecified atom stereocenters. The largest absolute Gasteiger partial charge is 0.459 e. The van der Waals surface area contributed by atoms with Crippen molar-refractivity contribution in [3.63, 3.8) is 0 Å². The number of pyridine rings is 1. The molecule has 2 atom stereocenters. The zero-order valence-corrected chi connectivity index (χ0v) is 32.7. The first kappa shape index (κ1) is 39.4. The van der Waals surface area contributed by atoms with Crippen LogP contribution in [0.25, 0.3) is 17.0 Å². The summed E-state index contributed by atoms with van der Waals surface area (Å²) in [4.78, 5) is 53.3. The van der Waals surface area contributed by atoms with Crippen molar-refractivity contribution in [3.05, 3.63) is 54.5 Å². The van der Waals surface area contributed by atoms with Gasteiger partial charge in [0.2, 0.25) is 5.91 Å². The maximum absolute atomic E-state index is 14.5. The third-order valence-corrected chi connectivity index (χ3v) is 11.4. The molecule has 0 radical (unpaired) electrons. The fraction of sp³-hybridized carbons (Fsp3) is 0.585. The molecule has 1 aromatic carbocycles. The average Bonchev–Trinajstić information content (AvgIpc) is 3.55. The van der Waals surface area contributed by atoms with E-state index in [2.05, 4.69) is 39.2 Å². The lowest BCUT2D eigenvalue weighted by atomic mass is 9.84. The number of amides is 3. The van der Waals surface area contributed by atoms with Crippen LogP contribution in [0.15, 0.2) is 48.9 Å². The van der Waals surface area contributed by atoms with Crippen LogP contribution in [0.4, 0.5) is 16.2 Å². The normalized spacial score (nSPS) is 22.9. The number of fused-ring (bicyclic) bond motifs is 1. The lowest BCUT2D eigenvalue weighted by Crippen LogP contribution is -2.49. The van der Waals surface area contributed by atoms with Gasteiger partial charge in [0.1, 0.15) is 6.10 Å². The van der Waals surface area contributed by atoms with E-state index >= 15 is 0 Å². The first-order chi connectivity index (χ1) is 26.0. The first-order valence-electron chi connectivity index (χ1n) is 19.6. The molecule has 1 N–H and O–H groups in total. The highest BCUT2D eigenvalue weighted by Crippen LogP contribution is 2.33. The lowest BCUT2D eigenvalue weighted by molar-refractivity contribution is -0.144. The molecule has 2 saturated heterocycles. The number of likely N-dealkylation sites (N-methyl/N-ethyl adjacent to an activating group) is 1. The highest BCUT2D eigenvalue weighted by molar-refractivity contribution is 6.00. The Morgan fingerprint density at radius 3 is 2.48 bits per heavy atom. The van der Waals surface area contributed by atoms with Crippen LogP contribution in [0.1, 0.15) is 57.4 Å². The van der Waals surface area contributed by atoms with E-state index in [-0.39, 0.29) is 47.9 Å². The molecular weight excluding hydrogens is 685 g/mol. The van der Waals surface area contributed by atoms with Gasteiger partial charge in [0.05, 0.1) is 42.0 Å². The molecule has 1 saturated carbocycles. The molecule has 292 valence electrons. The fourth-order valence-electron chi connectivity index (χ4n) is 7.99. The summed E-state index contributed by atoms with van der Waals surface area (Å²) in [6.07, 6.45) is 14.2. The smallest absolute Gasteiger partial charge is 0.331 e. The van der Waals surface area contributed by atoms with Crippen LogP contribution in [-0.4, -0.2) is 127 Å². The molecule has 0 spiro atoms. The van der Waals surface area contributed by atoms with Gasteiger partial charge < -0.3 is 34.4 Å². The number of anilines is 2. The SMILES string of the molecule is CC1CN(C(=O)Nc2cccc3cnn(C)c23)CCC1CN(C(=O)C1CCC(OCCN(C)C)CC1)c1cncc(/C=C/C(=O)OC2CCN(C)CC2)c1. The van der Waals surface area contributed by atoms with E-state index in [1.165, 1.54) is 6.08 Å². The predicted molar refractivity (Wildman–Crippen MR) is 211 cm³/mol. The van der Waals surface area contributed by atoms with Crippen LogP contribution < -0.4 is 10.2 Å². The molecule has 2 aliphatic heterocycles. The zero-order valence-electron chi connectivity index (χ0n) is 32.7. The van der Waals surface area contributed by atoms with Gasteiger partial charge in [0, 0.05) is 69.9 Å². The second-order valence-electron chi connectivity index (χ2n) is 15.8. The number of nitrogens with zero attached hydrogens (tertiary/aromatic N) is 7.